The molecule has 1 aliphatic rings. The van der Waals surface area contributed by atoms with Crippen LogP contribution in [0.5, 0.6) is 0 Å². The average Bonchev–Trinajstić information content (AvgIpc) is 2.60. The number of benzene rings is 1. The van der Waals surface area contributed by atoms with E-state index in [0.29, 0.717) is 17.0 Å². The fraction of sp³-hybridized carbons (Fsp3) is 0.667. The molecule has 0 saturated heterocycles. The summed E-state index contributed by atoms with van der Waals surface area (Å²) in [6.45, 7) is 4.50. The Kier molecular flexibility index (Phi) is 6.80. The van der Waals surface area contributed by atoms with Crippen molar-refractivity contribution >= 4 is 10.0 Å². The highest BCUT2D eigenvalue weighted by atomic mass is 32.2. The lowest BCUT2D eigenvalue weighted by Crippen LogP contribution is -2.34. The van der Waals surface area contributed by atoms with Crippen molar-refractivity contribution in [1.82, 2.24) is 9.62 Å². The minimum Gasteiger partial charge on any atom is -0.381 e. The van der Waals surface area contributed by atoms with Gasteiger partial charge in [-0.15, -0.1) is 0 Å². The van der Waals surface area contributed by atoms with E-state index in [9.17, 15) is 8.42 Å². The first-order chi connectivity index (χ1) is 11.3. The monoisotopic (exact) mass is 354 g/mol. The Balaban J connectivity index is 1.91. The third-order valence-corrected chi connectivity index (χ3v) is 6.98. The molecule has 1 fully saturated rings. The predicted octanol–water partition coefficient (Wildman–Crippen LogP) is 2.76. The van der Waals surface area contributed by atoms with Gasteiger partial charge in [0, 0.05) is 32.8 Å². The highest BCUT2D eigenvalue weighted by molar-refractivity contribution is 7.89. The van der Waals surface area contributed by atoms with Gasteiger partial charge in [0.1, 0.15) is 0 Å². The summed E-state index contributed by atoms with van der Waals surface area (Å²) in [6.07, 6.45) is 4.87. The minimum atomic E-state index is -3.40. The molecule has 2 rings (SSSR count). The molecule has 0 spiro atoms. The lowest BCUT2D eigenvalue weighted by atomic mass is 9.93. The fourth-order valence-corrected chi connectivity index (χ4v) is 4.36. The lowest BCUT2D eigenvalue weighted by Gasteiger charge is -2.28. The van der Waals surface area contributed by atoms with Crippen LogP contribution in [-0.2, 0) is 21.3 Å². The van der Waals surface area contributed by atoms with Crippen molar-refractivity contribution in [2.45, 2.75) is 69.2 Å². The third kappa shape index (κ3) is 4.79. The summed E-state index contributed by atoms with van der Waals surface area (Å²) in [7, 11) is -0.00109. The molecule has 1 aromatic rings. The summed E-state index contributed by atoms with van der Waals surface area (Å²) in [5, 5.41) is 3.57. The molecule has 0 aliphatic heterocycles. The van der Waals surface area contributed by atoms with Crippen LogP contribution in [0, 0.1) is 0 Å². The maximum Gasteiger partial charge on any atom is 0.243 e. The number of ether oxygens (including phenoxy) is 1. The van der Waals surface area contributed by atoms with E-state index in [4.69, 9.17) is 4.74 Å². The zero-order chi connectivity index (χ0) is 17.7. The van der Waals surface area contributed by atoms with Crippen LogP contribution in [0.1, 0.15) is 45.1 Å². The maximum atomic E-state index is 12.4. The van der Waals surface area contributed by atoms with Gasteiger partial charge in [0.15, 0.2) is 0 Å². The molecule has 136 valence electrons. The molecule has 0 bridgehead atoms. The van der Waals surface area contributed by atoms with Gasteiger partial charge < -0.3 is 10.1 Å². The van der Waals surface area contributed by atoms with Crippen LogP contribution >= 0.6 is 0 Å². The molecule has 0 heterocycles. The molecule has 1 N–H and O–H groups in total. The number of hydrogen-bond donors (Lipinski definition) is 1. The summed E-state index contributed by atoms with van der Waals surface area (Å²) >= 11 is 0. The van der Waals surface area contributed by atoms with Gasteiger partial charge >= 0.3 is 0 Å². The fourth-order valence-electron chi connectivity index (χ4n) is 2.99. The van der Waals surface area contributed by atoms with E-state index >= 15 is 0 Å². The van der Waals surface area contributed by atoms with Crippen molar-refractivity contribution in [3.63, 3.8) is 0 Å². The van der Waals surface area contributed by atoms with Crippen LogP contribution in [-0.4, -0.2) is 45.1 Å². The Morgan fingerprint density at radius 1 is 1.17 bits per heavy atom. The van der Waals surface area contributed by atoms with Crippen LogP contribution < -0.4 is 5.32 Å². The van der Waals surface area contributed by atoms with Gasteiger partial charge in [-0.25, -0.2) is 8.42 Å². The molecule has 0 radical (unpaired) electrons. The molecule has 1 aliphatic carbocycles. The number of nitrogens with zero attached hydrogens (tertiary/aromatic N) is 1. The van der Waals surface area contributed by atoms with E-state index in [1.54, 1.807) is 26.3 Å². The highest BCUT2D eigenvalue weighted by Crippen LogP contribution is 2.21. The molecule has 5 nitrogen and oxygen atoms in total. The lowest BCUT2D eigenvalue weighted by molar-refractivity contribution is 0.0624. The smallest absolute Gasteiger partial charge is 0.243 e. The summed E-state index contributed by atoms with van der Waals surface area (Å²) in [5.41, 5.74) is 1.11. The number of rotatable bonds is 7. The highest BCUT2D eigenvalue weighted by Gasteiger charge is 2.23. The van der Waals surface area contributed by atoms with E-state index in [2.05, 4.69) is 5.32 Å². The Labute approximate surface area is 146 Å². The predicted molar refractivity (Wildman–Crippen MR) is 96.4 cm³/mol. The molecular formula is C18H30N2O3S. The molecule has 0 amide bonds. The molecule has 6 heteroatoms. The van der Waals surface area contributed by atoms with Gasteiger partial charge in [-0.2, -0.15) is 4.31 Å². The largest absolute Gasteiger partial charge is 0.381 e. The van der Waals surface area contributed by atoms with E-state index in [-0.39, 0.29) is 6.04 Å². The maximum absolute atomic E-state index is 12.4. The van der Waals surface area contributed by atoms with E-state index in [0.717, 1.165) is 37.8 Å². The van der Waals surface area contributed by atoms with Gasteiger partial charge in [0.25, 0.3) is 0 Å². The average molecular weight is 355 g/mol. The van der Waals surface area contributed by atoms with Crippen LogP contribution in [0.4, 0.5) is 0 Å². The van der Waals surface area contributed by atoms with Crippen molar-refractivity contribution in [2.24, 2.45) is 0 Å². The summed E-state index contributed by atoms with van der Waals surface area (Å²) in [6, 6.07) is 7.66. The molecule has 0 unspecified atom stereocenters. The third-order valence-electron chi connectivity index (χ3n) is 4.93. The summed E-state index contributed by atoms with van der Waals surface area (Å²) < 4.78 is 31.7. The van der Waals surface area contributed by atoms with E-state index in [1.807, 2.05) is 26.0 Å². The van der Waals surface area contributed by atoms with Crippen LogP contribution in [0.3, 0.4) is 0 Å². The van der Waals surface area contributed by atoms with Gasteiger partial charge in [-0.1, -0.05) is 12.1 Å². The molecular weight excluding hydrogens is 324 g/mol. The quantitative estimate of drug-likeness (QED) is 0.818. The first kappa shape index (κ1) is 19.4. The summed E-state index contributed by atoms with van der Waals surface area (Å²) in [4.78, 5) is 0.350. The molecule has 1 aromatic carbocycles. The van der Waals surface area contributed by atoms with Gasteiger partial charge in [0.05, 0.1) is 11.0 Å². The van der Waals surface area contributed by atoms with Crippen molar-refractivity contribution in [3.8, 4) is 0 Å². The molecule has 0 atom stereocenters. The number of methoxy groups -OCH3 is 1. The second kappa shape index (κ2) is 8.43. The second-order valence-corrected chi connectivity index (χ2v) is 8.85. The van der Waals surface area contributed by atoms with E-state index in [1.165, 1.54) is 4.31 Å². The minimum absolute atomic E-state index is 0.0569. The van der Waals surface area contributed by atoms with Crippen LogP contribution in [0.15, 0.2) is 29.2 Å². The normalized spacial score (nSPS) is 22.2. The van der Waals surface area contributed by atoms with Crippen molar-refractivity contribution in [2.75, 3.05) is 14.2 Å². The number of sulfonamides is 1. The van der Waals surface area contributed by atoms with Gasteiger partial charge in [-0.3, -0.25) is 0 Å². The topological polar surface area (TPSA) is 58.6 Å². The Morgan fingerprint density at radius 2 is 1.75 bits per heavy atom. The summed E-state index contributed by atoms with van der Waals surface area (Å²) in [5.74, 6) is 0. The van der Waals surface area contributed by atoms with Crippen molar-refractivity contribution < 1.29 is 13.2 Å². The zero-order valence-electron chi connectivity index (χ0n) is 15.2. The number of nitrogens with one attached hydrogen (secondary N) is 1. The van der Waals surface area contributed by atoms with Crippen LogP contribution in [0.25, 0.3) is 0 Å². The molecule has 24 heavy (non-hydrogen) atoms. The van der Waals surface area contributed by atoms with Crippen molar-refractivity contribution in [3.05, 3.63) is 29.8 Å². The Bertz CT molecular complexity index is 606. The first-order valence-corrected chi connectivity index (χ1v) is 10.1. The second-order valence-electron chi connectivity index (χ2n) is 6.85. The molecule has 0 aromatic heterocycles. The van der Waals surface area contributed by atoms with E-state index < -0.39 is 10.0 Å². The standard InChI is InChI=1S/C18H30N2O3S/c1-14(2)20(3)24(21,22)18-11-5-15(6-12-18)13-19-16-7-9-17(23-4)10-8-16/h5-6,11-12,14,16-17,19H,7-10,13H2,1-4H3. The molecule has 1 saturated carbocycles. The zero-order valence-corrected chi connectivity index (χ0v) is 16.0. The van der Waals surface area contributed by atoms with Gasteiger partial charge in [0.2, 0.25) is 10.0 Å². The Hall–Kier alpha value is -0.950. The Morgan fingerprint density at radius 3 is 2.25 bits per heavy atom. The first-order valence-electron chi connectivity index (χ1n) is 8.67. The SMILES string of the molecule is COC1CCC(NCc2ccc(S(=O)(=O)N(C)C(C)C)cc2)CC1. The van der Waals surface area contributed by atoms with Gasteiger partial charge in [-0.05, 0) is 57.2 Å². The van der Waals surface area contributed by atoms with Crippen molar-refractivity contribution in [1.29, 1.82) is 0 Å². The van der Waals surface area contributed by atoms with Crippen LogP contribution in [0.2, 0.25) is 0 Å². The number of hydrogen-bond acceptors (Lipinski definition) is 4.